The molecule has 0 radical (unpaired) electrons. The van der Waals surface area contributed by atoms with Gasteiger partial charge in [-0.1, -0.05) is 54.6 Å². The van der Waals surface area contributed by atoms with Crippen molar-refractivity contribution in [3.05, 3.63) is 137 Å². The molecule has 0 saturated carbocycles. The van der Waals surface area contributed by atoms with E-state index in [9.17, 15) is 14.7 Å². The highest BCUT2D eigenvalue weighted by atomic mass is 16.4. The lowest BCUT2D eigenvalue weighted by Crippen LogP contribution is -2.41. The van der Waals surface area contributed by atoms with Crippen molar-refractivity contribution in [2.45, 2.75) is 63.8 Å². The van der Waals surface area contributed by atoms with Crippen LogP contribution in [0, 0.1) is 0 Å². The number of aromatic nitrogens is 3. The van der Waals surface area contributed by atoms with Crippen LogP contribution in [-0.4, -0.2) is 44.5 Å². The van der Waals surface area contributed by atoms with Crippen molar-refractivity contribution in [3.63, 3.8) is 0 Å². The number of rotatable bonds is 13. The highest BCUT2D eigenvalue weighted by molar-refractivity contribution is 5.96. The minimum absolute atomic E-state index is 0.191. The Bertz CT molecular complexity index is 1760. The molecular formula is C38H43N7O3. The summed E-state index contributed by atoms with van der Waals surface area (Å²) in [7, 11) is 0. The van der Waals surface area contributed by atoms with E-state index in [-0.39, 0.29) is 6.04 Å². The number of fused-ring (bicyclic) bond motifs is 2. The van der Waals surface area contributed by atoms with Gasteiger partial charge in [0.25, 0.3) is 5.91 Å². The standard InChI is InChI=1S/C27H32N6O3.C11H11N/c34-26(20-11-12-22(32-16-20)18-28-17-21-8-1-2-13-29-21)33-24(27(35)36)10-5-14-30-23-9-3-6-19-7-4-15-31-25(19)23;12-8-10-6-3-5-9-4-1-2-7-11(9)10/h1-2,4,7-8,11-13,15-16,23-24,28,30H,3,5-6,9-10,14,17-18H2,(H,33,34)(H,35,36);1-7H,8,12H2/t23?,24-;/m0./s1. The number of amides is 1. The summed E-state index contributed by atoms with van der Waals surface area (Å²) in [6.07, 6.45) is 9.16. The SMILES string of the molecule is NCc1cccc2ccccc12.O=C(N[C@@H](CCCNC1CCCc2cccnc21)C(=O)O)c1ccc(CNCc2ccccn2)nc1. The van der Waals surface area contributed by atoms with Crippen molar-refractivity contribution in [2.24, 2.45) is 5.73 Å². The Kier molecular flexibility index (Phi) is 12.7. The zero-order chi connectivity index (χ0) is 33.6. The molecule has 1 amide bonds. The summed E-state index contributed by atoms with van der Waals surface area (Å²) in [6.45, 7) is 2.41. The molecule has 2 atom stereocenters. The molecule has 10 heteroatoms. The van der Waals surface area contributed by atoms with Gasteiger partial charge in [-0.25, -0.2) is 4.79 Å². The number of nitrogens with two attached hydrogens (primary N) is 1. The smallest absolute Gasteiger partial charge is 0.326 e. The van der Waals surface area contributed by atoms with Crippen LogP contribution in [0.5, 0.6) is 0 Å². The van der Waals surface area contributed by atoms with Gasteiger partial charge in [-0.05, 0) is 90.9 Å². The van der Waals surface area contributed by atoms with Gasteiger partial charge in [0.05, 0.1) is 22.6 Å². The molecule has 1 unspecified atom stereocenters. The van der Waals surface area contributed by atoms with Crippen LogP contribution in [0.15, 0.2) is 104 Å². The summed E-state index contributed by atoms with van der Waals surface area (Å²) in [5, 5.41) is 21.5. The molecule has 5 aromatic rings. The molecule has 1 aliphatic rings. The fourth-order valence-electron chi connectivity index (χ4n) is 5.84. The second-order valence-corrected chi connectivity index (χ2v) is 11.8. The summed E-state index contributed by atoms with van der Waals surface area (Å²) in [5.74, 6) is -1.49. The number of nitrogens with zero attached hydrogens (tertiary/aromatic N) is 3. The van der Waals surface area contributed by atoms with Crippen LogP contribution in [0.3, 0.4) is 0 Å². The Morgan fingerprint density at radius 3 is 2.44 bits per heavy atom. The van der Waals surface area contributed by atoms with Crippen molar-refractivity contribution in [2.75, 3.05) is 6.54 Å². The van der Waals surface area contributed by atoms with Crippen molar-refractivity contribution in [1.82, 2.24) is 30.9 Å². The summed E-state index contributed by atoms with van der Waals surface area (Å²) >= 11 is 0. The zero-order valence-corrected chi connectivity index (χ0v) is 27.0. The zero-order valence-electron chi connectivity index (χ0n) is 27.0. The van der Waals surface area contributed by atoms with Gasteiger partial charge in [0, 0.05) is 44.3 Å². The van der Waals surface area contributed by atoms with Crippen molar-refractivity contribution >= 4 is 22.6 Å². The molecule has 0 fully saturated rings. The lowest BCUT2D eigenvalue weighted by atomic mass is 9.92. The number of carbonyl (C=O) groups is 2. The number of nitrogens with one attached hydrogen (secondary N) is 3. The number of carboxylic acid groups (broad SMARTS) is 1. The van der Waals surface area contributed by atoms with Crippen LogP contribution >= 0.6 is 0 Å². The first-order valence-electron chi connectivity index (χ1n) is 16.4. The first-order chi connectivity index (χ1) is 23.5. The molecule has 0 aliphatic heterocycles. The quantitative estimate of drug-likeness (QED) is 0.110. The Balaban J connectivity index is 0.000000313. The number of hydrogen-bond donors (Lipinski definition) is 5. The van der Waals surface area contributed by atoms with E-state index in [1.165, 1.54) is 28.1 Å². The molecule has 6 N–H and O–H groups in total. The summed E-state index contributed by atoms with van der Waals surface area (Å²) < 4.78 is 0. The van der Waals surface area contributed by atoms with Gasteiger partial charge in [0.15, 0.2) is 0 Å². The molecule has 3 aromatic heterocycles. The first-order valence-corrected chi connectivity index (χ1v) is 16.4. The van der Waals surface area contributed by atoms with Gasteiger partial charge in [0.2, 0.25) is 0 Å². The fourth-order valence-corrected chi connectivity index (χ4v) is 5.84. The molecule has 248 valence electrons. The Morgan fingerprint density at radius 1 is 0.875 bits per heavy atom. The van der Waals surface area contributed by atoms with Gasteiger partial charge < -0.3 is 26.8 Å². The molecule has 1 aliphatic carbocycles. The highest BCUT2D eigenvalue weighted by Crippen LogP contribution is 2.27. The van der Waals surface area contributed by atoms with Gasteiger partial charge in [-0.15, -0.1) is 0 Å². The molecular weight excluding hydrogens is 602 g/mol. The maximum absolute atomic E-state index is 12.6. The number of carbonyl (C=O) groups excluding carboxylic acids is 1. The van der Waals surface area contributed by atoms with Crippen LogP contribution in [0.2, 0.25) is 0 Å². The van der Waals surface area contributed by atoms with Crippen molar-refractivity contribution in [1.29, 1.82) is 0 Å². The van der Waals surface area contributed by atoms with Crippen LogP contribution in [0.4, 0.5) is 0 Å². The molecule has 48 heavy (non-hydrogen) atoms. The Morgan fingerprint density at radius 2 is 1.67 bits per heavy atom. The van der Waals surface area contributed by atoms with E-state index in [1.54, 1.807) is 18.3 Å². The third kappa shape index (κ3) is 9.74. The number of hydrogen-bond acceptors (Lipinski definition) is 8. The van der Waals surface area contributed by atoms with E-state index in [2.05, 4.69) is 61.2 Å². The first kappa shape index (κ1) is 34.3. The predicted molar refractivity (Wildman–Crippen MR) is 187 cm³/mol. The molecule has 0 bridgehead atoms. The summed E-state index contributed by atoms with van der Waals surface area (Å²) in [5.41, 5.74) is 11.2. The fraction of sp³-hybridized carbons (Fsp3) is 0.289. The maximum Gasteiger partial charge on any atom is 0.326 e. The number of carboxylic acids is 1. The van der Waals surface area contributed by atoms with E-state index >= 15 is 0 Å². The van der Waals surface area contributed by atoms with E-state index in [0.29, 0.717) is 44.6 Å². The molecule has 6 rings (SSSR count). The lowest BCUT2D eigenvalue weighted by Gasteiger charge is -2.25. The second-order valence-electron chi connectivity index (χ2n) is 11.8. The highest BCUT2D eigenvalue weighted by Gasteiger charge is 2.23. The molecule has 2 aromatic carbocycles. The Labute approximate surface area is 281 Å². The largest absolute Gasteiger partial charge is 0.480 e. The number of benzene rings is 2. The second kappa shape index (κ2) is 17.8. The van der Waals surface area contributed by atoms with Crippen molar-refractivity contribution in [3.8, 4) is 0 Å². The van der Waals surface area contributed by atoms with Crippen LogP contribution in [0.25, 0.3) is 10.8 Å². The van der Waals surface area contributed by atoms with E-state index < -0.39 is 17.9 Å². The summed E-state index contributed by atoms with van der Waals surface area (Å²) in [6, 6.07) is 27.0. The minimum Gasteiger partial charge on any atom is -0.480 e. The van der Waals surface area contributed by atoms with Gasteiger partial charge in [0.1, 0.15) is 6.04 Å². The maximum atomic E-state index is 12.6. The molecule has 0 saturated heterocycles. The number of pyridine rings is 3. The van der Waals surface area contributed by atoms with Crippen LogP contribution in [-0.2, 0) is 30.8 Å². The average Bonchev–Trinajstić information content (AvgIpc) is 3.13. The lowest BCUT2D eigenvalue weighted by molar-refractivity contribution is -0.139. The Hall–Kier alpha value is -5.03. The average molecular weight is 646 g/mol. The third-order valence-corrected chi connectivity index (χ3v) is 8.38. The minimum atomic E-state index is -1.05. The van der Waals surface area contributed by atoms with Crippen LogP contribution < -0.4 is 21.7 Å². The molecule has 10 nitrogen and oxygen atoms in total. The van der Waals surface area contributed by atoms with E-state index in [0.717, 1.165) is 36.3 Å². The van der Waals surface area contributed by atoms with Gasteiger partial charge >= 0.3 is 5.97 Å². The summed E-state index contributed by atoms with van der Waals surface area (Å²) in [4.78, 5) is 37.5. The normalized spacial score (nSPS) is 14.3. The molecule has 3 heterocycles. The van der Waals surface area contributed by atoms with Gasteiger partial charge in [-0.2, -0.15) is 0 Å². The van der Waals surface area contributed by atoms with E-state index in [4.69, 9.17) is 5.73 Å². The van der Waals surface area contributed by atoms with Crippen molar-refractivity contribution < 1.29 is 14.7 Å². The number of aliphatic carboxylic acids is 1. The monoisotopic (exact) mass is 645 g/mol. The topological polar surface area (TPSA) is 155 Å². The van der Waals surface area contributed by atoms with E-state index in [1.807, 2.05) is 48.7 Å². The van der Waals surface area contributed by atoms with Crippen LogP contribution in [0.1, 0.15) is 70.3 Å². The third-order valence-electron chi connectivity index (χ3n) is 8.38. The number of aryl methyl sites for hydroxylation is 1. The van der Waals surface area contributed by atoms with Gasteiger partial charge in [-0.3, -0.25) is 19.7 Å². The predicted octanol–water partition coefficient (Wildman–Crippen LogP) is 5.09. The molecule has 0 spiro atoms.